The van der Waals surface area contributed by atoms with Crippen LogP contribution in [-0.4, -0.2) is 12.0 Å². The Morgan fingerprint density at radius 2 is 2.12 bits per heavy atom. The minimum atomic E-state index is 0. The van der Waals surface area contributed by atoms with Gasteiger partial charge in [-0.15, -0.1) is 0 Å². The molecule has 1 nitrogen and oxygen atoms in total. The molecule has 0 radical (unpaired) electrons. The molecule has 0 N–H and O–H groups in total. The van der Waals surface area contributed by atoms with Crippen molar-refractivity contribution in [2.45, 2.75) is 24.7 Å². The van der Waals surface area contributed by atoms with E-state index in [0.29, 0.717) is 0 Å². The van der Waals surface area contributed by atoms with E-state index in [1.165, 1.54) is 12.8 Å². The topological polar surface area (TPSA) is 9.23 Å². The smallest absolute Gasteiger partial charge is 0.761 e. The van der Waals surface area contributed by atoms with Gasteiger partial charge in [0.05, 0.1) is 0 Å². The molecule has 1 rings (SSSR count). The molecule has 1 aliphatic rings. The van der Waals surface area contributed by atoms with Gasteiger partial charge >= 0.3 is 16.8 Å². The van der Waals surface area contributed by atoms with Crippen molar-refractivity contribution >= 4 is 12.6 Å². The van der Waals surface area contributed by atoms with Gasteiger partial charge in [0.2, 0.25) is 0 Å². The summed E-state index contributed by atoms with van der Waals surface area (Å²) >= 11 is 4.87. The predicted octanol–water partition coefficient (Wildman–Crippen LogP) is 1.06. The third kappa shape index (κ3) is 2.97. The van der Waals surface area contributed by atoms with Crippen LogP contribution >= 0.6 is 0 Å². The molecular weight excluding hydrogens is 167 g/mol. The maximum Gasteiger partial charge on any atom is 3.00 e. The van der Waals surface area contributed by atoms with Gasteiger partial charge in [0, 0.05) is 6.61 Å². The van der Waals surface area contributed by atoms with Crippen molar-refractivity contribution in [3.05, 3.63) is 0 Å². The van der Waals surface area contributed by atoms with Gasteiger partial charge in [0.25, 0.3) is 0 Å². The fraction of sp³-hybridized carbons (Fsp3) is 1.00. The monoisotopic (exact) mass is 176 g/mol. The van der Waals surface area contributed by atoms with Gasteiger partial charge in [-0.25, -0.2) is 0 Å². The Labute approximate surface area is 65.8 Å². The summed E-state index contributed by atoms with van der Waals surface area (Å²) < 4.78 is 5.09. The fourth-order valence-corrected chi connectivity index (χ4v) is 0.974. The van der Waals surface area contributed by atoms with Gasteiger partial charge in [-0.1, -0.05) is 11.9 Å². The maximum absolute atomic E-state index is 5.09. The van der Waals surface area contributed by atoms with Crippen molar-refractivity contribution in [2.24, 2.45) is 0 Å². The molecule has 1 unspecified atom stereocenters. The first-order chi connectivity index (χ1) is 3.39. The minimum absolute atomic E-state index is 0. The fourth-order valence-electron chi connectivity index (χ4n) is 0.711. The van der Waals surface area contributed by atoms with E-state index >= 15 is 0 Å². The molecule has 0 aromatic carbocycles. The Bertz CT molecular complexity index is 54.4. The first-order valence-corrected chi connectivity index (χ1v) is 3.14. The normalized spacial score (nSPS) is 28.9. The first-order valence-electron chi connectivity index (χ1n) is 2.67. The number of rotatable bonds is 0. The van der Waals surface area contributed by atoms with E-state index in [-0.39, 0.29) is 22.2 Å². The molecule has 0 aliphatic carbocycles. The molecule has 0 amide bonds. The van der Waals surface area contributed by atoms with Crippen LogP contribution in [0.2, 0.25) is 0 Å². The Morgan fingerprint density at radius 3 is 2.38 bits per heavy atom. The molecule has 1 atom stereocenters. The number of hydrogen-bond acceptors (Lipinski definition) is 2. The van der Waals surface area contributed by atoms with Gasteiger partial charge in [-0.3, -0.25) is 0 Å². The molecule has 0 aromatic rings. The minimum Gasteiger partial charge on any atom is -0.761 e. The van der Waals surface area contributed by atoms with Crippen LogP contribution in [0, 0.1) is 0 Å². The van der Waals surface area contributed by atoms with E-state index in [9.17, 15) is 0 Å². The zero-order chi connectivity index (χ0) is 5.11. The van der Waals surface area contributed by atoms with Crippen LogP contribution in [-0.2, 0) is 34.1 Å². The second kappa shape index (κ2) is 4.67. The van der Waals surface area contributed by atoms with Crippen molar-refractivity contribution in [3.63, 3.8) is 0 Å². The largest absolute Gasteiger partial charge is 3.00 e. The molecule has 0 spiro atoms. The summed E-state index contributed by atoms with van der Waals surface area (Å²) in [4.78, 5) is 0. The van der Waals surface area contributed by atoms with Crippen LogP contribution in [0.3, 0.4) is 0 Å². The molecule has 1 fully saturated rings. The van der Waals surface area contributed by atoms with E-state index in [1.54, 1.807) is 0 Å². The zero-order valence-electron chi connectivity index (χ0n) is 4.56. The van der Waals surface area contributed by atoms with Gasteiger partial charge < -0.3 is 17.4 Å². The van der Waals surface area contributed by atoms with Crippen LogP contribution in [0.4, 0.5) is 0 Å². The standard InChI is InChI=1S/C5H10OS.Co/c7-5-3-1-2-4-6-5;/h5,7H,1-4H2;/q;+3/p-1. The van der Waals surface area contributed by atoms with Crippen molar-refractivity contribution in [1.82, 2.24) is 0 Å². The molecule has 1 heterocycles. The van der Waals surface area contributed by atoms with Crippen LogP contribution < -0.4 is 0 Å². The second-order valence-electron chi connectivity index (χ2n) is 1.80. The number of ether oxygens (including phenoxy) is 1. The summed E-state index contributed by atoms with van der Waals surface area (Å²) in [5.74, 6) is 0. The molecule has 0 bridgehead atoms. The van der Waals surface area contributed by atoms with E-state index in [1.807, 2.05) is 0 Å². The predicted molar refractivity (Wildman–Crippen MR) is 31.0 cm³/mol. The van der Waals surface area contributed by atoms with E-state index in [4.69, 9.17) is 17.4 Å². The summed E-state index contributed by atoms with van der Waals surface area (Å²) in [6.07, 6.45) is 3.54. The summed E-state index contributed by atoms with van der Waals surface area (Å²) in [5.41, 5.74) is 0.119. The molecule has 8 heavy (non-hydrogen) atoms. The third-order valence-electron chi connectivity index (χ3n) is 1.14. The van der Waals surface area contributed by atoms with Gasteiger partial charge in [-0.2, -0.15) is 0 Å². The maximum atomic E-state index is 5.09. The van der Waals surface area contributed by atoms with Crippen LogP contribution in [0.25, 0.3) is 0 Å². The van der Waals surface area contributed by atoms with Crippen LogP contribution in [0.1, 0.15) is 19.3 Å². The van der Waals surface area contributed by atoms with E-state index in [2.05, 4.69) is 0 Å². The Hall–Kier alpha value is 0.816. The van der Waals surface area contributed by atoms with Crippen LogP contribution in [0.5, 0.6) is 0 Å². The van der Waals surface area contributed by atoms with Crippen molar-refractivity contribution < 1.29 is 21.5 Å². The zero-order valence-corrected chi connectivity index (χ0v) is 6.41. The summed E-state index contributed by atoms with van der Waals surface area (Å²) in [5, 5.41) is 0. The molecule has 48 valence electrons. The number of hydrogen-bond donors (Lipinski definition) is 0. The Morgan fingerprint density at radius 1 is 1.38 bits per heavy atom. The van der Waals surface area contributed by atoms with Crippen molar-refractivity contribution in [3.8, 4) is 0 Å². The quantitative estimate of drug-likeness (QED) is 0.510. The van der Waals surface area contributed by atoms with Gasteiger partial charge in [0.1, 0.15) is 0 Å². The summed E-state index contributed by atoms with van der Waals surface area (Å²) in [7, 11) is 0. The van der Waals surface area contributed by atoms with Crippen LogP contribution in [0.15, 0.2) is 0 Å². The molecule has 1 aliphatic heterocycles. The third-order valence-corrected chi connectivity index (χ3v) is 1.51. The molecule has 3 heteroatoms. The molecular formula is C5H9CoOS+2. The average Bonchev–Trinajstić information content (AvgIpc) is 1.69. The van der Waals surface area contributed by atoms with E-state index in [0.717, 1.165) is 13.0 Å². The second-order valence-corrected chi connectivity index (χ2v) is 2.32. The van der Waals surface area contributed by atoms with Crippen molar-refractivity contribution in [1.29, 1.82) is 0 Å². The summed E-state index contributed by atoms with van der Waals surface area (Å²) in [6.45, 7) is 0.883. The average molecular weight is 176 g/mol. The summed E-state index contributed by atoms with van der Waals surface area (Å²) in [6, 6.07) is 0. The SMILES string of the molecule is [Co+3].[S-]C1CCCCO1. The van der Waals surface area contributed by atoms with Gasteiger partial charge in [0.15, 0.2) is 0 Å². The first kappa shape index (κ1) is 8.82. The Balaban J connectivity index is 0.000000490. The van der Waals surface area contributed by atoms with E-state index < -0.39 is 0 Å². The molecule has 0 saturated carbocycles. The Kier molecular flexibility index (Phi) is 5.15. The van der Waals surface area contributed by atoms with Crippen molar-refractivity contribution in [2.75, 3.05) is 6.61 Å². The molecule has 0 aromatic heterocycles. The molecule has 1 saturated heterocycles. The van der Waals surface area contributed by atoms with Gasteiger partial charge in [-0.05, 0) is 12.8 Å².